The molecule has 0 aromatic heterocycles. The summed E-state index contributed by atoms with van der Waals surface area (Å²) in [6, 6.07) is 0. The van der Waals surface area contributed by atoms with Gasteiger partial charge in [0.25, 0.3) is 0 Å². The van der Waals surface area contributed by atoms with Crippen LogP contribution in [-0.2, 0) is 9.53 Å². The fourth-order valence-electron chi connectivity index (χ4n) is 0.515. The summed E-state index contributed by atoms with van der Waals surface area (Å²) in [6.07, 6.45) is 1.36. The second-order valence-corrected chi connectivity index (χ2v) is 2.07. The molecule has 0 amide bonds. The van der Waals surface area contributed by atoms with Crippen LogP contribution in [0.4, 0.5) is 0 Å². The Bertz CT molecular complexity index is 85.3. The summed E-state index contributed by atoms with van der Waals surface area (Å²) in [5.74, 6) is -0.115. The van der Waals surface area contributed by atoms with Crippen LogP contribution < -0.4 is 5.32 Å². The highest BCUT2D eigenvalue weighted by Gasteiger charge is 1.98. The molecule has 3 heteroatoms. The molecule has 0 aliphatic rings. The molecule has 0 rings (SSSR count). The van der Waals surface area contributed by atoms with Crippen molar-refractivity contribution in [3.63, 3.8) is 0 Å². The fourth-order valence-corrected chi connectivity index (χ4v) is 0.515. The highest BCUT2D eigenvalue weighted by molar-refractivity contribution is 5.69. The molecule has 0 bridgehead atoms. The Morgan fingerprint density at radius 1 is 1.21 bits per heavy atom. The first-order valence-corrected chi connectivity index (χ1v) is 5.61. The third-order valence-electron chi connectivity index (χ3n) is 1.05. The van der Waals surface area contributed by atoms with Gasteiger partial charge in [0.05, 0.1) is 13.0 Å². The lowest BCUT2D eigenvalue weighted by Crippen LogP contribution is -2.15. The van der Waals surface area contributed by atoms with Crippen molar-refractivity contribution >= 4 is 5.97 Å². The molecule has 0 radical (unpaired) electrons. The zero-order valence-electron chi connectivity index (χ0n) is 10.6. The predicted molar refractivity (Wildman–Crippen MR) is 62.5 cm³/mol. The second-order valence-electron chi connectivity index (χ2n) is 2.07. The van der Waals surface area contributed by atoms with Crippen LogP contribution in [0.5, 0.6) is 0 Å². The molecule has 0 fully saturated rings. The summed E-state index contributed by atoms with van der Waals surface area (Å²) >= 11 is 0. The number of hydrogen-bond acceptors (Lipinski definition) is 3. The largest absolute Gasteiger partial charge is 0.466 e. The van der Waals surface area contributed by atoms with E-state index in [0.717, 1.165) is 6.42 Å². The number of esters is 1. The van der Waals surface area contributed by atoms with Gasteiger partial charge in [-0.05, 0) is 13.5 Å². The summed E-state index contributed by atoms with van der Waals surface area (Å²) in [4.78, 5) is 10.7. The molecule has 0 unspecified atom stereocenters. The van der Waals surface area contributed by atoms with Gasteiger partial charge in [0.2, 0.25) is 0 Å². The van der Waals surface area contributed by atoms with Gasteiger partial charge in [-0.25, -0.2) is 0 Å². The Hall–Kier alpha value is -0.570. The lowest BCUT2D eigenvalue weighted by molar-refractivity contribution is -0.143. The van der Waals surface area contributed by atoms with Gasteiger partial charge in [-0.1, -0.05) is 34.6 Å². The first-order valence-electron chi connectivity index (χ1n) is 5.61. The van der Waals surface area contributed by atoms with Crippen LogP contribution in [0.3, 0.4) is 0 Å². The molecule has 0 aliphatic carbocycles. The van der Waals surface area contributed by atoms with E-state index in [9.17, 15) is 4.79 Å². The standard InChI is InChI=1S/C7H15NO2.2C2H6/c1-3-6-10-7(9)4-5-8-2;2*1-2/h8H,3-6H2,1-2H3;2*1-2H3. The molecular weight excluding hydrogens is 178 g/mol. The van der Waals surface area contributed by atoms with Crippen molar-refractivity contribution in [3.05, 3.63) is 0 Å². The van der Waals surface area contributed by atoms with E-state index in [1.54, 1.807) is 0 Å². The average molecular weight is 205 g/mol. The lowest BCUT2D eigenvalue weighted by Gasteiger charge is -2.00. The van der Waals surface area contributed by atoms with Crippen LogP contribution in [0.2, 0.25) is 0 Å². The van der Waals surface area contributed by atoms with Gasteiger partial charge in [0.15, 0.2) is 0 Å². The summed E-state index contributed by atoms with van der Waals surface area (Å²) in [5.41, 5.74) is 0. The molecule has 1 N–H and O–H groups in total. The molecule has 88 valence electrons. The van der Waals surface area contributed by atoms with E-state index in [4.69, 9.17) is 4.74 Å². The smallest absolute Gasteiger partial charge is 0.307 e. The third-order valence-corrected chi connectivity index (χ3v) is 1.05. The molecular formula is C11H27NO2. The molecule has 0 aromatic rings. The molecule has 0 heterocycles. The van der Waals surface area contributed by atoms with E-state index < -0.39 is 0 Å². The molecule has 0 atom stereocenters. The summed E-state index contributed by atoms with van der Waals surface area (Å²) in [7, 11) is 1.81. The van der Waals surface area contributed by atoms with Crippen LogP contribution in [-0.4, -0.2) is 26.2 Å². The minimum atomic E-state index is -0.115. The van der Waals surface area contributed by atoms with E-state index in [1.165, 1.54) is 0 Å². The van der Waals surface area contributed by atoms with Crippen LogP contribution in [0, 0.1) is 0 Å². The zero-order chi connectivity index (χ0) is 11.8. The minimum absolute atomic E-state index is 0.115. The minimum Gasteiger partial charge on any atom is -0.466 e. The maximum Gasteiger partial charge on any atom is 0.307 e. The third kappa shape index (κ3) is 22.5. The first kappa shape index (κ1) is 19.1. The molecule has 0 saturated carbocycles. The number of carbonyl (C=O) groups is 1. The van der Waals surface area contributed by atoms with E-state index in [1.807, 2.05) is 41.7 Å². The van der Waals surface area contributed by atoms with Crippen molar-refractivity contribution < 1.29 is 9.53 Å². The topological polar surface area (TPSA) is 38.3 Å². The highest BCUT2D eigenvalue weighted by atomic mass is 16.5. The normalized spacial score (nSPS) is 7.57. The Labute approximate surface area is 89.2 Å². The number of nitrogens with one attached hydrogen (secondary N) is 1. The predicted octanol–water partition coefficient (Wildman–Crippen LogP) is 2.60. The van der Waals surface area contributed by atoms with Gasteiger partial charge in [-0.3, -0.25) is 4.79 Å². The van der Waals surface area contributed by atoms with Crippen LogP contribution in [0.15, 0.2) is 0 Å². The Morgan fingerprint density at radius 3 is 2.07 bits per heavy atom. The van der Waals surface area contributed by atoms with E-state index in [2.05, 4.69) is 5.32 Å². The fraction of sp³-hybridized carbons (Fsp3) is 0.909. The van der Waals surface area contributed by atoms with Gasteiger partial charge >= 0.3 is 5.97 Å². The number of rotatable bonds is 5. The number of carbonyl (C=O) groups excluding carboxylic acids is 1. The van der Waals surface area contributed by atoms with Crippen molar-refractivity contribution in [2.45, 2.75) is 47.5 Å². The zero-order valence-corrected chi connectivity index (χ0v) is 10.6. The molecule has 3 nitrogen and oxygen atoms in total. The molecule has 0 aromatic carbocycles. The number of ether oxygens (including phenoxy) is 1. The quantitative estimate of drug-likeness (QED) is 0.701. The van der Waals surface area contributed by atoms with E-state index in [0.29, 0.717) is 19.6 Å². The molecule has 0 saturated heterocycles. The SMILES string of the molecule is CC.CC.CCCOC(=O)CCNC. The van der Waals surface area contributed by atoms with Crippen LogP contribution in [0.1, 0.15) is 47.5 Å². The Morgan fingerprint density at radius 2 is 1.71 bits per heavy atom. The monoisotopic (exact) mass is 205 g/mol. The summed E-state index contributed by atoms with van der Waals surface area (Å²) in [6.45, 7) is 11.2. The second kappa shape index (κ2) is 22.9. The van der Waals surface area contributed by atoms with Crippen molar-refractivity contribution in [2.75, 3.05) is 20.2 Å². The molecule has 14 heavy (non-hydrogen) atoms. The number of hydrogen-bond donors (Lipinski definition) is 1. The average Bonchev–Trinajstić information content (AvgIpc) is 2.29. The summed E-state index contributed by atoms with van der Waals surface area (Å²) in [5, 5.41) is 2.87. The van der Waals surface area contributed by atoms with Crippen LogP contribution >= 0.6 is 0 Å². The van der Waals surface area contributed by atoms with Crippen molar-refractivity contribution in [1.82, 2.24) is 5.32 Å². The first-order chi connectivity index (χ1) is 6.81. The van der Waals surface area contributed by atoms with Crippen molar-refractivity contribution in [1.29, 1.82) is 0 Å². The van der Waals surface area contributed by atoms with Crippen LogP contribution in [0.25, 0.3) is 0 Å². The summed E-state index contributed by atoms with van der Waals surface area (Å²) < 4.78 is 4.81. The van der Waals surface area contributed by atoms with E-state index in [-0.39, 0.29) is 5.97 Å². The van der Waals surface area contributed by atoms with Gasteiger partial charge in [0.1, 0.15) is 0 Å². The maximum absolute atomic E-state index is 10.7. The Kier molecular flexibility index (Phi) is 31.1. The molecule has 0 spiro atoms. The molecule has 0 aliphatic heterocycles. The highest BCUT2D eigenvalue weighted by Crippen LogP contribution is 1.86. The van der Waals surface area contributed by atoms with Gasteiger partial charge < -0.3 is 10.1 Å². The van der Waals surface area contributed by atoms with Gasteiger partial charge in [-0.2, -0.15) is 0 Å². The van der Waals surface area contributed by atoms with E-state index >= 15 is 0 Å². The van der Waals surface area contributed by atoms with Gasteiger partial charge in [0, 0.05) is 6.54 Å². The van der Waals surface area contributed by atoms with Crippen molar-refractivity contribution in [3.8, 4) is 0 Å². The Balaban J connectivity index is -0.000000266. The van der Waals surface area contributed by atoms with Crippen molar-refractivity contribution in [2.24, 2.45) is 0 Å². The van der Waals surface area contributed by atoms with Gasteiger partial charge in [-0.15, -0.1) is 0 Å². The lowest BCUT2D eigenvalue weighted by atomic mass is 10.4. The maximum atomic E-state index is 10.7.